The topological polar surface area (TPSA) is 83.6 Å². The third-order valence-electron chi connectivity index (χ3n) is 7.09. The van der Waals surface area contributed by atoms with Gasteiger partial charge in [-0.25, -0.2) is 0 Å². The molecule has 0 aliphatic rings. The van der Waals surface area contributed by atoms with Crippen LogP contribution < -0.4 is 5.73 Å². The first-order valence-corrected chi connectivity index (χ1v) is 16.2. The SMILES string of the molecule is CCCCCCCCCCCCCCCC(N)=O.CCCCCCCCCCCCCCCC(O)O. The van der Waals surface area contributed by atoms with E-state index in [2.05, 4.69) is 13.8 Å². The highest BCUT2D eigenvalue weighted by atomic mass is 16.5. The summed E-state index contributed by atoms with van der Waals surface area (Å²) in [5.41, 5.74) is 5.09. The van der Waals surface area contributed by atoms with E-state index >= 15 is 0 Å². The molecule has 0 aliphatic heterocycles. The number of hydrogen-bond acceptors (Lipinski definition) is 3. The van der Waals surface area contributed by atoms with Crippen LogP contribution in [0.25, 0.3) is 0 Å². The number of amides is 1. The van der Waals surface area contributed by atoms with Crippen molar-refractivity contribution in [1.82, 2.24) is 0 Å². The number of unbranched alkanes of at least 4 members (excludes halogenated alkanes) is 24. The minimum absolute atomic E-state index is 0.155. The van der Waals surface area contributed by atoms with E-state index < -0.39 is 6.29 Å². The Labute approximate surface area is 226 Å². The number of carbonyl (C=O) groups is 1. The van der Waals surface area contributed by atoms with Gasteiger partial charge < -0.3 is 15.9 Å². The summed E-state index contributed by atoms with van der Waals surface area (Å²) in [5.74, 6) is -0.155. The Morgan fingerprint density at radius 3 is 0.972 bits per heavy atom. The maximum absolute atomic E-state index is 10.5. The molecule has 0 atom stereocenters. The molecule has 0 aromatic rings. The fourth-order valence-electron chi connectivity index (χ4n) is 4.66. The molecule has 0 radical (unpaired) electrons. The van der Waals surface area contributed by atoms with Gasteiger partial charge in [-0.05, 0) is 19.3 Å². The molecule has 0 bridgehead atoms. The van der Waals surface area contributed by atoms with Gasteiger partial charge in [0.25, 0.3) is 0 Å². The minimum atomic E-state index is -1.10. The van der Waals surface area contributed by atoms with Gasteiger partial charge in [-0.1, -0.05) is 168 Å². The van der Waals surface area contributed by atoms with Gasteiger partial charge >= 0.3 is 0 Å². The van der Waals surface area contributed by atoms with Gasteiger partial charge in [0.05, 0.1) is 0 Å². The van der Waals surface area contributed by atoms with Crippen molar-refractivity contribution in [3.8, 4) is 0 Å². The largest absolute Gasteiger partial charge is 0.370 e. The van der Waals surface area contributed by atoms with Crippen LogP contribution in [0.15, 0.2) is 0 Å². The lowest BCUT2D eigenvalue weighted by molar-refractivity contribution is -0.118. The standard InChI is InChI=1S/C16H33NO.C16H34O2/c2*1-2-3-4-5-6-7-8-9-10-11-12-13-14-15-16(17)18/h2-15H2,1H3,(H2,17,18);16-18H,2-15H2,1H3. The zero-order valence-corrected chi connectivity index (χ0v) is 24.8. The predicted octanol–water partition coefficient (Wildman–Crippen LogP) is 9.73. The van der Waals surface area contributed by atoms with Crippen LogP contribution in [0.5, 0.6) is 0 Å². The molecule has 0 saturated carbocycles. The van der Waals surface area contributed by atoms with Crippen molar-refractivity contribution in [3.05, 3.63) is 0 Å². The van der Waals surface area contributed by atoms with Gasteiger partial charge in [-0.3, -0.25) is 4.79 Å². The Kier molecular flexibility index (Phi) is 35.9. The number of aliphatic hydroxyl groups excluding tert-OH is 1. The molecule has 4 N–H and O–H groups in total. The van der Waals surface area contributed by atoms with Crippen molar-refractivity contribution in [1.29, 1.82) is 0 Å². The smallest absolute Gasteiger partial charge is 0.217 e. The van der Waals surface area contributed by atoms with E-state index in [-0.39, 0.29) is 5.91 Å². The minimum Gasteiger partial charge on any atom is -0.370 e. The summed E-state index contributed by atoms with van der Waals surface area (Å²) in [6.45, 7) is 4.53. The lowest BCUT2D eigenvalue weighted by atomic mass is 10.0. The lowest BCUT2D eigenvalue weighted by Crippen LogP contribution is -2.09. The van der Waals surface area contributed by atoms with E-state index in [4.69, 9.17) is 15.9 Å². The molecule has 4 heteroatoms. The van der Waals surface area contributed by atoms with Crippen molar-refractivity contribution in [3.63, 3.8) is 0 Å². The molecule has 0 rings (SSSR count). The first-order valence-electron chi connectivity index (χ1n) is 16.2. The Balaban J connectivity index is 0. The average molecular weight is 514 g/mol. The van der Waals surface area contributed by atoms with E-state index in [1.54, 1.807) is 0 Å². The Hall–Kier alpha value is -0.610. The number of nitrogens with two attached hydrogens (primary N) is 1. The van der Waals surface area contributed by atoms with Gasteiger partial charge in [-0.2, -0.15) is 0 Å². The Bertz CT molecular complexity index is 401. The number of primary amides is 1. The van der Waals surface area contributed by atoms with Crippen molar-refractivity contribution in [2.75, 3.05) is 0 Å². The fourth-order valence-corrected chi connectivity index (χ4v) is 4.66. The molecule has 4 nitrogen and oxygen atoms in total. The Morgan fingerprint density at radius 1 is 0.472 bits per heavy atom. The second-order valence-electron chi connectivity index (χ2n) is 11.0. The van der Waals surface area contributed by atoms with E-state index in [9.17, 15) is 4.79 Å². The monoisotopic (exact) mass is 514 g/mol. The molecular weight excluding hydrogens is 446 g/mol. The maximum Gasteiger partial charge on any atom is 0.217 e. The third kappa shape index (κ3) is 40.6. The quantitative estimate of drug-likeness (QED) is 0.0719. The molecule has 0 fully saturated rings. The summed E-state index contributed by atoms with van der Waals surface area (Å²) >= 11 is 0. The van der Waals surface area contributed by atoms with Crippen LogP contribution in [0.1, 0.15) is 194 Å². The molecule has 0 heterocycles. The zero-order chi connectivity index (χ0) is 27.0. The van der Waals surface area contributed by atoms with E-state index in [1.165, 1.54) is 148 Å². The van der Waals surface area contributed by atoms with Gasteiger partial charge in [0.15, 0.2) is 6.29 Å². The molecule has 0 aromatic carbocycles. The summed E-state index contributed by atoms with van der Waals surface area (Å²) in [4.78, 5) is 10.5. The predicted molar refractivity (Wildman–Crippen MR) is 158 cm³/mol. The summed E-state index contributed by atoms with van der Waals surface area (Å²) < 4.78 is 0. The van der Waals surface area contributed by atoms with Crippen molar-refractivity contribution >= 4 is 5.91 Å². The third-order valence-corrected chi connectivity index (χ3v) is 7.09. The molecule has 0 unspecified atom stereocenters. The Morgan fingerprint density at radius 2 is 0.722 bits per heavy atom. The van der Waals surface area contributed by atoms with E-state index in [1.807, 2.05) is 0 Å². The number of hydrogen-bond donors (Lipinski definition) is 3. The summed E-state index contributed by atoms with van der Waals surface area (Å²) in [6.07, 6.45) is 34.6. The van der Waals surface area contributed by atoms with Crippen LogP contribution in [0.2, 0.25) is 0 Å². The highest BCUT2D eigenvalue weighted by Gasteiger charge is 1.98. The molecule has 0 aliphatic carbocycles. The normalized spacial score (nSPS) is 11.0. The van der Waals surface area contributed by atoms with Crippen molar-refractivity contribution in [2.24, 2.45) is 5.73 Å². The first-order chi connectivity index (χ1) is 17.5. The van der Waals surface area contributed by atoms with Crippen LogP contribution in [-0.4, -0.2) is 22.4 Å². The van der Waals surface area contributed by atoms with Crippen LogP contribution in [0.4, 0.5) is 0 Å². The van der Waals surface area contributed by atoms with Crippen LogP contribution >= 0.6 is 0 Å². The first kappa shape index (κ1) is 37.5. The second-order valence-corrected chi connectivity index (χ2v) is 11.0. The molecule has 218 valence electrons. The highest BCUT2D eigenvalue weighted by molar-refractivity contribution is 5.73. The molecule has 0 aromatic heterocycles. The van der Waals surface area contributed by atoms with E-state index in [0.29, 0.717) is 12.8 Å². The van der Waals surface area contributed by atoms with Crippen molar-refractivity contribution in [2.45, 2.75) is 200 Å². The molecule has 0 saturated heterocycles. The zero-order valence-electron chi connectivity index (χ0n) is 24.8. The summed E-state index contributed by atoms with van der Waals surface area (Å²) in [6, 6.07) is 0. The summed E-state index contributed by atoms with van der Waals surface area (Å²) in [5, 5.41) is 17.4. The van der Waals surface area contributed by atoms with E-state index in [0.717, 1.165) is 19.3 Å². The van der Waals surface area contributed by atoms with Gasteiger partial charge in [-0.15, -0.1) is 0 Å². The molecule has 1 amide bonds. The molecular formula is C32H67NO3. The van der Waals surface area contributed by atoms with Gasteiger partial charge in [0.2, 0.25) is 5.91 Å². The number of carbonyl (C=O) groups excluding carboxylic acids is 1. The average Bonchev–Trinajstić information content (AvgIpc) is 2.85. The van der Waals surface area contributed by atoms with Crippen molar-refractivity contribution < 1.29 is 15.0 Å². The number of rotatable bonds is 28. The van der Waals surface area contributed by atoms with Crippen LogP contribution in [0.3, 0.4) is 0 Å². The second kappa shape index (κ2) is 34.4. The summed E-state index contributed by atoms with van der Waals surface area (Å²) in [7, 11) is 0. The van der Waals surface area contributed by atoms with Crippen LogP contribution in [0, 0.1) is 0 Å². The van der Waals surface area contributed by atoms with Crippen LogP contribution in [-0.2, 0) is 4.79 Å². The number of aliphatic hydroxyl groups is 2. The van der Waals surface area contributed by atoms with Gasteiger partial charge in [0, 0.05) is 6.42 Å². The fraction of sp³-hybridized carbons (Fsp3) is 0.969. The molecule has 0 spiro atoms. The van der Waals surface area contributed by atoms with Gasteiger partial charge in [0.1, 0.15) is 0 Å². The highest BCUT2D eigenvalue weighted by Crippen LogP contribution is 2.14. The maximum atomic E-state index is 10.5. The molecule has 36 heavy (non-hydrogen) atoms. The lowest BCUT2D eigenvalue weighted by Gasteiger charge is -2.04.